The third-order valence-electron chi connectivity index (χ3n) is 6.41. The highest BCUT2D eigenvalue weighted by molar-refractivity contribution is 6.04. The molecule has 5 rings (SSSR count). The van der Waals surface area contributed by atoms with Crippen molar-refractivity contribution >= 4 is 29.1 Å². The van der Waals surface area contributed by atoms with Crippen LogP contribution < -0.4 is 11.1 Å². The summed E-state index contributed by atoms with van der Waals surface area (Å²) in [6, 6.07) is 9.81. The van der Waals surface area contributed by atoms with Gasteiger partial charge in [-0.3, -0.25) is 14.0 Å². The molecule has 0 saturated carbocycles. The number of pyridine rings is 1. The normalized spacial score (nSPS) is 15.6. The maximum Gasteiger partial charge on any atom is 0.416 e. The zero-order valence-corrected chi connectivity index (χ0v) is 19.9. The largest absolute Gasteiger partial charge is 0.416 e. The second-order valence-corrected chi connectivity index (χ2v) is 8.78. The SMILES string of the molecule is C=CC(=O)N1CCC(c2nc(-c3ccc(C(=O)Nc4cc(C(F)(F)F)ccn4)cc3)n3c(N)nccc23)C1. The minimum atomic E-state index is -4.55. The maximum atomic E-state index is 13.0. The van der Waals surface area contributed by atoms with Crippen molar-refractivity contribution in [1.29, 1.82) is 0 Å². The molecule has 3 N–H and O–H groups in total. The molecule has 1 aliphatic heterocycles. The molecule has 1 fully saturated rings. The first-order valence-electron chi connectivity index (χ1n) is 11.6. The fourth-order valence-electron chi connectivity index (χ4n) is 4.53. The van der Waals surface area contributed by atoms with E-state index in [2.05, 4.69) is 21.9 Å². The number of halogens is 3. The van der Waals surface area contributed by atoms with E-state index < -0.39 is 17.6 Å². The Morgan fingerprint density at radius 2 is 1.84 bits per heavy atom. The van der Waals surface area contributed by atoms with Crippen LogP contribution in [0.3, 0.4) is 0 Å². The van der Waals surface area contributed by atoms with Crippen LogP contribution in [-0.4, -0.2) is 49.2 Å². The first-order chi connectivity index (χ1) is 18.2. The number of nitrogens with one attached hydrogen (secondary N) is 1. The quantitative estimate of drug-likeness (QED) is 0.381. The Morgan fingerprint density at radius 3 is 2.55 bits per heavy atom. The fourth-order valence-corrected chi connectivity index (χ4v) is 4.53. The molecule has 12 heteroatoms. The number of imidazole rings is 1. The van der Waals surface area contributed by atoms with Gasteiger partial charge >= 0.3 is 6.18 Å². The Kier molecular flexibility index (Phi) is 6.31. The van der Waals surface area contributed by atoms with E-state index in [1.165, 1.54) is 18.2 Å². The number of rotatable bonds is 5. The van der Waals surface area contributed by atoms with Gasteiger partial charge in [-0.15, -0.1) is 0 Å². The number of likely N-dealkylation sites (tertiary alicyclic amines) is 1. The highest BCUT2D eigenvalue weighted by Gasteiger charge is 2.32. The van der Waals surface area contributed by atoms with Crippen molar-refractivity contribution in [3.05, 3.63) is 84.3 Å². The van der Waals surface area contributed by atoms with Crippen LogP contribution in [-0.2, 0) is 11.0 Å². The molecule has 1 aliphatic rings. The Hall–Kier alpha value is -4.74. The van der Waals surface area contributed by atoms with Gasteiger partial charge in [0.05, 0.1) is 16.8 Å². The molecule has 38 heavy (non-hydrogen) atoms. The van der Waals surface area contributed by atoms with Crippen LogP contribution in [0.2, 0.25) is 0 Å². The summed E-state index contributed by atoms with van der Waals surface area (Å²) in [6.45, 7) is 4.65. The number of nitrogen functional groups attached to an aromatic ring is 1. The van der Waals surface area contributed by atoms with Gasteiger partial charge in [0.15, 0.2) is 0 Å². The van der Waals surface area contributed by atoms with Crippen molar-refractivity contribution in [2.45, 2.75) is 18.5 Å². The number of alkyl halides is 3. The first kappa shape index (κ1) is 24.9. The zero-order chi connectivity index (χ0) is 27.0. The number of aromatic nitrogens is 4. The Labute approximate surface area is 214 Å². The Bertz CT molecular complexity index is 1550. The van der Waals surface area contributed by atoms with Gasteiger partial charge in [0.1, 0.15) is 11.6 Å². The smallest absolute Gasteiger partial charge is 0.369 e. The van der Waals surface area contributed by atoms with Crippen molar-refractivity contribution in [3.63, 3.8) is 0 Å². The van der Waals surface area contributed by atoms with Gasteiger partial charge in [-0.1, -0.05) is 18.7 Å². The molecule has 1 saturated heterocycles. The predicted octanol–water partition coefficient (Wildman–Crippen LogP) is 4.15. The Balaban J connectivity index is 1.42. The molecule has 1 aromatic carbocycles. The third kappa shape index (κ3) is 4.67. The van der Waals surface area contributed by atoms with E-state index in [-0.39, 0.29) is 29.2 Å². The highest BCUT2D eigenvalue weighted by atomic mass is 19.4. The number of carbonyl (C=O) groups excluding carboxylic acids is 2. The molecule has 1 unspecified atom stereocenters. The molecular formula is C26H22F3N7O2. The van der Waals surface area contributed by atoms with Crippen LogP contribution in [0.5, 0.6) is 0 Å². The second kappa shape index (κ2) is 9.61. The van der Waals surface area contributed by atoms with Crippen LogP contribution >= 0.6 is 0 Å². The van der Waals surface area contributed by atoms with Crippen molar-refractivity contribution in [2.24, 2.45) is 0 Å². The van der Waals surface area contributed by atoms with E-state index in [1.54, 1.807) is 27.6 Å². The highest BCUT2D eigenvalue weighted by Crippen LogP contribution is 2.34. The molecular weight excluding hydrogens is 499 g/mol. The average molecular weight is 522 g/mol. The third-order valence-corrected chi connectivity index (χ3v) is 6.41. The van der Waals surface area contributed by atoms with Crippen LogP contribution in [0, 0.1) is 0 Å². The van der Waals surface area contributed by atoms with Gasteiger partial charge in [0.25, 0.3) is 5.91 Å². The number of fused-ring (bicyclic) bond motifs is 1. The summed E-state index contributed by atoms with van der Waals surface area (Å²) in [6.07, 6.45) is 0.0529. The van der Waals surface area contributed by atoms with Gasteiger partial charge in [-0.05, 0) is 42.8 Å². The number of anilines is 2. The van der Waals surface area contributed by atoms with Crippen LogP contribution in [0.4, 0.5) is 24.9 Å². The summed E-state index contributed by atoms with van der Waals surface area (Å²) in [4.78, 5) is 39.3. The average Bonchev–Trinajstić information content (AvgIpc) is 3.54. The molecule has 0 radical (unpaired) electrons. The van der Waals surface area contributed by atoms with Gasteiger partial charge < -0.3 is 16.0 Å². The number of benzene rings is 1. The van der Waals surface area contributed by atoms with Crippen LogP contribution in [0.25, 0.3) is 16.9 Å². The standard InChI is InChI=1S/C26H22F3N7O2/c1-2-21(37)35-12-9-17(14-35)22-19-8-11-32-25(30)36(19)23(34-22)15-3-5-16(6-4-15)24(38)33-20-13-18(7-10-31-20)26(27,28)29/h2-8,10-11,13,17H,1,9,12,14H2,(H2,30,32)(H,31,33,38). The lowest BCUT2D eigenvalue weighted by Crippen LogP contribution is -2.26. The van der Waals surface area contributed by atoms with Crippen LogP contribution in [0.15, 0.2) is 67.5 Å². The molecule has 3 aromatic heterocycles. The lowest BCUT2D eigenvalue weighted by atomic mass is 10.0. The fraction of sp³-hybridized carbons (Fsp3) is 0.192. The molecule has 2 amide bonds. The summed E-state index contributed by atoms with van der Waals surface area (Å²) in [5.41, 5.74) is 7.70. The minimum Gasteiger partial charge on any atom is -0.369 e. The lowest BCUT2D eigenvalue weighted by Gasteiger charge is -2.13. The van der Waals surface area contributed by atoms with Crippen molar-refractivity contribution in [3.8, 4) is 11.4 Å². The van der Waals surface area contributed by atoms with E-state index in [9.17, 15) is 22.8 Å². The monoisotopic (exact) mass is 521 g/mol. The zero-order valence-electron chi connectivity index (χ0n) is 19.9. The maximum absolute atomic E-state index is 13.0. The van der Waals surface area contributed by atoms with E-state index in [4.69, 9.17) is 10.7 Å². The van der Waals surface area contributed by atoms with E-state index in [1.807, 2.05) is 6.07 Å². The van der Waals surface area contributed by atoms with Crippen molar-refractivity contribution in [2.75, 3.05) is 24.1 Å². The number of hydrogen-bond donors (Lipinski definition) is 2. The van der Waals surface area contributed by atoms with Gasteiger partial charge in [0, 0.05) is 42.5 Å². The van der Waals surface area contributed by atoms with E-state index in [0.29, 0.717) is 24.5 Å². The lowest BCUT2D eigenvalue weighted by molar-refractivity contribution is -0.137. The van der Waals surface area contributed by atoms with Gasteiger partial charge in [-0.25, -0.2) is 15.0 Å². The van der Waals surface area contributed by atoms with Crippen molar-refractivity contribution < 1.29 is 22.8 Å². The number of nitrogens with zero attached hydrogens (tertiary/aromatic N) is 5. The second-order valence-electron chi connectivity index (χ2n) is 8.78. The topological polar surface area (TPSA) is 119 Å². The summed E-state index contributed by atoms with van der Waals surface area (Å²) >= 11 is 0. The van der Waals surface area contributed by atoms with E-state index >= 15 is 0 Å². The van der Waals surface area contributed by atoms with Crippen LogP contribution in [0.1, 0.15) is 34.0 Å². The van der Waals surface area contributed by atoms with Gasteiger partial charge in [-0.2, -0.15) is 13.2 Å². The summed E-state index contributed by atoms with van der Waals surface area (Å²) in [5.74, 6) is -0.222. The Morgan fingerprint density at radius 1 is 1.11 bits per heavy atom. The predicted molar refractivity (Wildman–Crippen MR) is 134 cm³/mol. The number of hydrogen-bond acceptors (Lipinski definition) is 6. The van der Waals surface area contributed by atoms with E-state index in [0.717, 1.165) is 36.0 Å². The number of nitrogens with two attached hydrogens (primary N) is 1. The summed E-state index contributed by atoms with van der Waals surface area (Å²) in [7, 11) is 0. The molecule has 9 nitrogen and oxygen atoms in total. The first-order valence-corrected chi connectivity index (χ1v) is 11.6. The molecule has 0 bridgehead atoms. The molecule has 4 aromatic rings. The summed E-state index contributed by atoms with van der Waals surface area (Å²) < 4.78 is 40.6. The number of carbonyl (C=O) groups is 2. The molecule has 1 atom stereocenters. The number of amides is 2. The molecule has 194 valence electrons. The summed E-state index contributed by atoms with van der Waals surface area (Å²) in [5, 5.41) is 2.39. The molecule has 4 heterocycles. The molecule has 0 spiro atoms. The minimum absolute atomic E-state index is 0.00513. The molecule has 0 aliphatic carbocycles. The van der Waals surface area contributed by atoms with Crippen molar-refractivity contribution in [1.82, 2.24) is 24.3 Å². The van der Waals surface area contributed by atoms with Gasteiger partial charge in [0.2, 0.25) is 11.9 Å².